The van der Waals surface area contributed by atoms with Gasteiger partial charge in [0.1, 0.15) is 5.75 Å². The van der Waals surface area contributed by atoms with Gasteiger partial charge in [0.15, 0.2) is 12.4 Å². The molecule has 0 N–H and O–H groups in total. The largest absolute Gasteiger partial charge is 0.497 e. The van der Waals surface area contributed by atoms with Crippen molar-refractivity contribution >= 4 is 29.3 Å². The van der Waals surface area contributed by atoms with Crippen LogP contribution < -0.4 is 9.64 Å². The molecule has 33 heavy (non-hydrogen) atoms. The summed E-state index contributed by atoms with van der Waals surface area (Å²) in [6.45, 7) is 3.24. The van der Waals surface area contributed by atoms with Crippen LogP contribution in [0.5, 0.6) is 5.75 Å². The molecule has 0 atom stereocenters. The molecule has 1 aliphatic heterocycles. The second-order valence-electron chi connectivity index (χ2n) is 7.72. The van der Waals surface area contributed by atoms with E-state index < -0.39 is 24.4 Å². The van der Waals surface area contributed by atoms with Gasteiger partial charge in [0.25, 0.3) is 11.8 Å². The Morgan fingerprint density at radius 3 is 2.18 bits per heavy atom. The number of benzene rings is 3. The van der Waals surface area contributed by atoms with Crippen LogP contribution in [0.15, 0.2) is 60.7 Å². The number of ketones is 1. The van der Waals surface area contributed by atoms with E-state index in [2.05, 4.69) is 0 Å². The minimum Gasteiger partial charge on any atom is -0.497 e. The smallest absolute Gasteiger partial charge is 0.338 e. The maximum absolute atomic E-state index is 13.0. The quantitative estimate of drug-likeness (QED) is 0.323. The van der Waals surface area contributed by atoms with E-state index in [-0.39, 0.29) is 22.5 Å². The van der Waals surface area contributed by atoms with Crippen LogP contribution in [-0.2, 0) is 4.74 Å². The molecule has 0 aromatic heterocycles. The summed E-state index contributed by atoms with van der Waals surface area (Å²) in [6, 6.07) is 16.1. The molecule has 0 bridgehead atoms. The van der Waals surface area contributed by atoms with Crippen molar-refractivity contribution in [1.29, 1.82) is 0 Å². The molecule has 3 aromatic carbocycles. The number of Topliss-reactive ketones (excluding diaryl/α,β-unsaturated/α-hetero) is 1. The van der Waals surface area contributed by atoms with E-state index in [1.807, 2.05) is 26.0 Å². The number of esters is 1. The summed E-state index contributed by atoms with van der Waals surface area (Å²) in [5.41, 5.74) is 3.01. The van der Waals surface area contributed by atoms with Gasteiger partial charge < -0.3 is 9.47 Å². The van der Waals surface area contributed by atoms with Crippen LogP contribution >= 0.6 is 0 Å². The summed E-state index contributed by atoms with van der Waals surface area (Å²) in [4.78, 5) is 51.9. The van der Waals surface area contributed by atoms with E-state index in [0.717, 1.165) is 16.0 Å². The summed E-state index contributed by atoms with van der Waals surface area (Å²) in [6.07, 6.45) is 0. The van der Waals surface area contributed by atoms with Crippen molar-refractivity contribution < 1.29 is 28.7 Å². The standard InChI is InChI=1S/C26H21NO6/c1-15-4-5-16(2)22(12-15)27-24(29)20-11-8-18(13-21(20)25(27)30)26(31)33-14-23(28)17-6-9-19(32-3)10-7-17/h4-13H,14H2,1-3H3. The number of carbonyl (C=O) groups excluding carboxylic acids is 4. The Hall–Kier alpha value is -4.26. The van der Waals surface area contributed by atoms with Crippen molar-refractivity contribution in [1.82, 2.24) is 0 Å². The zero-order chi connectivity index (χ0) is 23.7. The number of imide groups is 1. The lowest BCUT2D eigenvalue weighted by molar-refractivity contribution is 0.0474. The zero-order valence-electron chi connectivity index (χ0n) is 18.4. The maximum atomic E-state index is 13.0. The predicted octanol–water partition coefficient (Wildman–Crippen LogP) is 4.15. The number of hydrogen-bond acceptors (Lipinski definition) is 6. The number of aryl methyl sites for hydroxylation is 2. The molecule has 1 aliphatic rings. The number of fused-ring (bicyclic) bond motifs is 1. The minimum absolute atomic E-state index is 0.0836. The number of nitrogens with zero attached hydrogens (tertiary/aromatic N) is 1. The Bertz CT molecular complexity index is 1290. The van der Waals surface area contributed by atoms with Gasteiger partial charge in [-0.15, -0.1) is 0 Å². The number of amides is 2. The molecule has 0 aliphatic carbocycles. The fourth-order valence-electron chi connectivity index (χ4n) is 3.62. The first-order valence-electron chi connectivity index (χ1n) is 10.2. The molecule has 3 aromatic rings. The highest BCUT2D eigenvalue weighted by Gasteiger charge is 2.38. The molecule has 0 fully saturated rings. The lowest BCUT2D eigenvalue weighted by atomic mass is 10.1. The van der Waals surface area contributed by atoms with E-state index in [0.29, 0.717) is 17.0 Å². The lowest BCUT2D eigenvalue weighted by Crippen LogP contribution is -2.30. The monoisotopic (exact) mass is 443 g/mol. The molecule has 0 saturated carbocycles. The van der Waals surface area contributed by atoms with Gasteiger partial charge in [-0.05, 0) is 73.5 Å². The fourth-order valence-corrected chi connectivity index (χ4v) is 3.62. The molecule has 4 rings (SSSR count). The summed E-state index contributed by atoms with van der Waals surface area (Å²) in [5, 5.41) is 0. The highest BCUT2D eigenvalue weighted by molar-refractivity contribution is 6.35. The van der Waals surface area contributed by atoms with Crippen LogP contribution in [0.25, 0.3) is 0 Å². The Morgan fingerprint density at radius 2 is 1.48 bits per heavy atom. The SMILES string of the molecule is COc1ccc(C(=O)COC(=O)c2ccc3c(c2)C(=O)N(c2cc(C)ccc2C)C3=O)cc1. The predicted molar refractivity (Wildman–Crippen MR) is 121 cm³/mol. The number of methoxy groups -OCH3 is 1. The maximum Gasteiger partial charge on any atom is 0.338 e. The van der Waals surface area contributed by atoms with E-state index in [9.17, 15) is 19.2 Å². The van der Waals surface area contributed by atoms with Crippen LogP contribution in [0, 0.1) is 13.8 Å². The Kier molecular flexibility index (Phi) is 5.79. The second-order valence-corrected chi connectivity index (χ2v) is 7.72. The summed E-state index contributed by atoms with van der Waals surface area (Å²) < 4.78 is 10.2. The van der Waals surface area contributed by atoms with Gasteiger partial charge in [0, 0.05) is 5.56 Å². The molecule has 166 valence electrons. The van der Waals surface area contributed by atoms with Crippen molar-refractivity contribution in [3.05, 3.63) is 94.0 Å². The minimum atomic E-state index is -0.759. The van der Waals surface area contributed by atoms with Crippen LogP contribution in [0.2, 0.25) is 0 Å². The van der Waals surface area contributed by atoms with E-state index in [1.54, 1.807) is 30.3 Å². The summed E-state index contributed by atoms with van der Waals surface area (Å²) in [7, 11) is 1.52. The van der Waals surface area contributed by atoms with E-state index in [1.165, 1.54) is 25.3 Å². The van der Waals surface area contributed by atoms with Crippen molar-refractivity contribution in [2.24, 2.45) is 0 Å². The first kappa shape index (κ1) is 22.0. The number of hydrogen-bond donors (Lipinski definition) is 0. The van der Waals surface area contributed by atoms with Crippen LogP contribution in [0.3, 0.4) is 0 Å². The van der Waals surface area contributed by atoms with Gasteiger partial charge in [0.05, 0.1) is 29.5 Å². The molecule has 7 heteroatoms. The number of ether oxygens (including phenoxy) is 2. The molecular weight excluding hydrogens is 422 g/mol. The van der Waals surface area contributed by atoms with Crippen molar-refractivity contribution in [2.75, 3.05) is 18.6 Å². The van der Waals surface area contributed by atoms with Gasteiger partial charge in [-0.25, -0.2) is 9.69 Å². The van der Waals surface area contributed by atoms with Gasteiger partial charge in [-0.2, -0.15) is 0 Å². The third-order valence-corrected chi connectivity index (χ3v) is 5.47. The first-order valence-corrected chi connectivity index (χ1v) is 10.2. The number of anilines is 1. The molecule has 0 saturated heterocycles. The highest BCUT2D eigenvalue weighted by atomic mass is 16.5. The lowest BCUT2D eigenvalue weighted by Gasteiger charge is -2.17. The molecule has 0 radical (unpaired) electrons. The normalized spacial score (nSPS) is 12.5. The van der Waals surface area contributed by atoms with Crippen molar-refractivity contribution in [3.8, 4) is 5.75 Å². The summed E-state index contributed by atoms with van der Waals surface area (Å²) in [5.74, 6) is -1.48. The third kappa shape index (κ3) is 4.13. The molecule has 1 heterocycles. The molecule has 2 amide bonds. The second kappa shape index (κ2) is 8.70. The van der Waals surface area contributed by atoms with Gasteiger partial charge in [-0.3, -0.25) is 14.4 Å². The topological polar surface area (TPSA) is 90.0 Å². The van der Waals surface area contributed by atoms with Crippen LogP contribution in [0.4, 0.5) is 5.69 Å². The zero-order valence-corrected chi connectivity index (χ0v) is 18.4. The van der Waals surface area contributed by atoms with Crippen LogP contribution in [-0.4, -0.2) is 37.3 Å². The Labute approximate surface area is 190 Å². The van der Waals surface area contributed by atoms with E-state index >= 15 is 0 Å². The molecular formula is C26H21NO6. The molecule has 0 spiro atoms. The number of rotatable bonds is 6. The molecule has 7 nitrogen and oxygen atoms in total. The van der Waals surface area contributed by atoms with Crippen molar-refractivity contribution in [3.63, 3.8) is 0 Å². The average molecular weight is 443 g/mol. The van der Waals surface area contributed by atoms with Gasteiger partial charge >= 0.3 is 5.97 Å². The van der Waals surface area contributed by atoms with Gasteiger partial charge in [-0.1, -0.05) is 12.1 Å². The van der Waals surface area contributed by atoms with E-state index in [4.69, 9.17) is 9.47 Å². The number of carbonyl (C=O) groups is 4. The first-order chi connectivity index (χ1) is 15.8. The fraction of sp³-hybridized carbons (Fsp3) is 0.154. The van der Waals surface area contributed by atoms with Crippen LogP contribution in [0.1, 0.15) is 52.6 Å². The summed E-state index contributed by atoms with van der Waals surface area (Å²) >= 11 is 0. The van der Waals surface area contributed by atoms with Gasteiger partial charge in [0.2, 0.25) is 0 Å². The highest BCUT2D eigenvalue weighted by Crippen LogP contribution is 2.32. The molecule has 0 unspecified atom stereocenters. The third-order valence-electron chi connectivity index (χ3n) is 5.47. The average Bonchev–Trinajstić information content (AvgIpc) is 3.08. The Balaban J connectivity index is 1.51. The van der Waals surface area contributed by atoms with Crippen molar-refractivity contribution in [2.45, 2.75) is 13.8 Å². The Morgan fingerprint density at radius 1 is 0.818 bits per heavy atom.